The molecule has 82 valence electrons. The van der Waals surface area contributed by atoms with Gasteiger partial charge < -0.3 is 11.1 Å². The Morgan fingerprint density at radius 3 is 2.80 bits per heavy atom. The second-order valence-electron chi connectivity index (χ2n) is 3.55. The third kappa shape index (κ3) is 4.02. The summed E-state index contributed by atoms with van der Waals surface area (Å²) < 4.78 is 0. The topological polar surface area (TPSA) is 55.1 Å². The Kier molecular flexibility index (Phi) is 4.68. The standard InChI is InChI=1S/C12H18N2O/c1-2-9-14-12(15)8-7-10-5-3-4-6-11(10)13/h3-6H,2,7-9,13H2,1H3,(H,14,15). The van der Waals surface area contributed by atoms with Crippen LogP contribution in [0.15, 0.2) is 24.3 Å². The summed E-state index contributed by atoms with van der Waals surface area (Å²) in [5, 5.41) is 2.84. The Morgan fingerprint density at radius 1 is 1.40 bits per heavy atom. The van der Waals surface area contributed by atoms with Crippen LogP contribution in [0.3, 0.4) is 0 Å². The lowest BCUT2D eigenvalue weighted by Gasteiger charge is -2.05. The molecule has 1 aromatic carbocycles. The van der Waals surface area contributed by atoms with E-state index in [1.54, 1.807) is 0 Å². The summed E-state index contributed by atoms with van der Waals surface area (Å²) in [6, 6.07) is 7.66. The van der Waals surface area contributed by atoms with Crippen molar-refractivity contribution in [3.63, 3.8) is 0 Å². The average molecular weight is 206 g/mol. The molecule has 1 aromatic rings. The van der Waals surface area contributed by atoms with Crippen LogP contribution in [0.1, 0.15) is 25.3 Å². The molecule has 0 atom stereocenters. The largest absolute Gasteiger partial charge is 0.399 e. The molecule has 0 spiro atoms. The van der Waals surface area contributed by atoms with E-state index in [0.29, 0.717) is 12.8 Å². The fraction of sp³-hybridized carbons (Fsp3) is 0.417. The van der Waals surface area contributed by atoms with E-state index < -0.39 is 0 Å². The summed E-state index contributed by atoms with van der Waals surface area (Å²) in [5.74, 6) is 0.0973. The molecule has 3 N–H and O–H groups in total. The van der Waals surface area contributed by atoms with Crippen LogP contribution < -0.4 is 11.1 Å². The predicted molar refractivity (Wildman–Crippen MR) is 62.5 cm³/mol. The Hall–Kier alpha value is -1.51. The molecule has 3 nitrogen and oxygen atoms in total. The number of para-hydroxylation sites is 1. The minimum Gasteiger partial charge on any atom is -0.399 e. The normalized spacial score (nSPS) is 9.93. The second kappa shape index (κ2) is 6.06. The summed E-state index contributed by atoms with van der Waals surface area (Å²) in [7, 11) is 0. The molecule has 0 saturated carbocycles. The third-order valence-electron chi connectivity index (χ3n) is 2.25. The van der Waals surface area contributed by atoms with Crippen LogP contribution in [0.5, 0.6) is 0 Å². The van der Waals surface area contributed by atoms with Crippen molar-refractivity contribution in [1.82, 2.24) is 5.32 Å². The van der Waals surface area contributed by atoms with E-state index in [0.717, 1.165) is 24.2 Å². The van der Waals surface area contributed by atoms with Gasteiger partial charge in [-0.25, -0.2) is 0 Å². The number of hydrogen-bond acceptors (Lipinski definition) is 2. The Morgan fingerprint density at radius 2 is 2.13 bits per heavy atom. The van der Waals surface area contributed by atoms with Crippen molar-refractivity contribution in [2.45, 2.75) is 26.2 Å². The van der Waals surface area contributed by atoms with Gasteiger partial charge in [-0.1, -0.05) is 25.1 Å². The number of anilines is 1. The number of hydrogen-bond donors (Lipinski definition) is 2. The van der Waals surface area contributed by atoms with Gasteiger partial charge in [-0.05, 0) is 24.5 Å². The van der Waals surface area contributed by atoms with E-state index in [4.69, 9.17) is 5.73 Å². The monoisotopic (exact) mass is 206 g/mol. The molecule has 0 aliphatic carbocycles. The molecule has 0 aromatic heterocycles. The van der Waals surface area contributed by atoms with E-state index in [9.17, 15) is 4.79 Å². The predicted octanol–water partition coefficient (Wildman–Crippen LogP) is 1.73. The quantitative estimate of drug-likeness (QED) is 0.721. The molecule has 0 unspecified atom stereocenters. The van der Waals surface area contributed by atoms with Crippen molar-refractivity contribution in [2.24, 2.45) is 0 Å². The van der Waals surface area contributed by atoms with Gasteiger partial charge in [0.2, 0.25) is 5.91 Å². The van der Waals surface area contributed by atoms with E-state index >= 15 is 0 Å². The number of rotatable bonds is 5. The van der Waals surface area contributed by atoms with Crippen molar-refractivity contribution < 1.29 is 4.79 Å². The summed E-state index contributed by atoms with van der Waals surface area (Å²) in [5.41, 5.74) is 7.59. The number of aryl methyl sites for hydroxylation is 1. The molecule has 0 aliphatic rings. The third-order valence-corrected chi connectivity index (χ3v) is 2.25. The number of carbonyl (C=O) groups is 1. The van der Waals surface area contributed by atoms with Gasteiger partial charge in [0.25, 0.3) is 0 Å². The summed E-state index contributed by atoms with van der Waals surface area (Å²) in [6.07, 6.45) is 2.19. The first-order chi connectivity index (χ1) is 7.24. The number of nitrogens with one attached hydrogen (secondary N) is 1. The lowest BCUT2D eigenvalue weighted by Crippen LogP contribution is -2.24. The van der Waals surface area contributed by atoms with E-state index in [1.165, 1.54) is 0 Å². The number of benzene rings is 1. The minimum absolute atomic E-state index is 0.0973. The number of nitrogens with two attached hydrogens (primary N) is 1. The highest BCUT2D eigenvalue weighted by molar-refractivity contribution is 5.76. The highest BCUT2D eigenvalue weighted by Gasteiger charge is 2.02. The molecule has 0 saturated heterocycles. The molecule has 0 radical (unpaired) electrons. The highest BCUT2D eigenvalue weighted by Crippen LogP contribution is 2.12. The number of nitrogen functional groups attached to an aromatic ring is 1. The number of amides is 1. The average Bonchev–Trinajstić information content (AvgIpc) is 2.25. The highest BCUT2D eigenvalue weighted by atomic mass is 16.1. The first-order valence-corrected chi connectivity index (χ1v) is 5.34. The second-order valence-corrected chi connectivity index (χ2v) is 3.55. The van der Waals surface area contributed by atoms with Crippen LogP contribution in [-0.2, 0) is 11.2 Å². The summed E-state index contributed by atoms with van der Waals surface area (Å²) >= 11 is 0. The smallest absolute Gasteiger partial charge is 0.220 e. The van der Waals surface area contributed by atoms with Gasteiger partial charge in [0.05, 0.1) is 0 Å². The zero-order chi connectivity index (χ0) is 11.1. The van der Waals surface area contributed by atoms with Crippen molar-refractivity contribution in [3.8, 4) is 0 Å². The summed E-state index contributed by atoms with van der Waals surface area (Å²) in [4.78, 5) is 11.3. The van der Waals surface area contributed by atoms with Gasteiger partial charge >= 0.3 is 0 Å². The molecule has 1 rings (SSSR count). The Bertz CT molecular complexity index is 323. The van der Waals surface area contributed by atoms with Gasteiger partial charge in [0.1, 0.15) is 0 Å². The fourth-order valence-electron chi connectivity index (χ4n) is 1.36. The molecule has 1 amide bonds. The van der Waals surface area contributed by atoms with Gasteiger partial charge in [-0.3, -0.25) is 4.79 Å². The summed E-state index contributed by atoms with van der Waals surface area (Å²) in [6.45, 7) is 2.79. The van der Waals surface area contributed by atoms with Crippen LogP contribution >= 0.6 is 0 Å². The van der Waals surface area contributed by atoms with Crippen LogP contribution in [0.25, 0.3) is 0 Å². The van der Waals surface area contributed by atoms with Crippen molar-refractivity contribution in [2.75, 3.05) is 12.3 Å². The lowest BCUT2D eigenvalue weighted by atomic mass is 10.1. The van der Waals surface area contributed by atoms with Crippen molar-refractivity contribution >= 4 is 11.6 Å². The number of carbonyl (C=O) groups excluding carboxylic acids is 1. The maximum Gasteiger partial charge on any atom is 0.220 e. The van der Waals surface area contributed by atoms with Gasteiger partial charge in [-0.15, -0.1) is 0 Å². The van der Waals surface area contributed by atoms with E-state index in [-0.39, 0.29) is 5.91 Å². The Labute approximate surface area is 90.7 Å². The Balaban J connectivity index is 2.37. The van der Waals surface area contributed by atoms with Crippen molar-refractivity contribution in [1.29, 1.82) is 0 Å². The zero-order valence-corrected chi connectivity index (χ0v) is 9.12. The van der Waals surface area contributed by atoms with Gasteiger partial charge in [0, 0.05) is 18.7 Å². The van der Waals surface area contributed by atoms with Crippen LogP contribution in [0, 0.1) is 0 Å². The van der Waals surface area contributed by atoms with Gasteiger partial charge in [-0.2, -0.15) is 0 Å². The molecule has 0 aliphatic heterocycles. The first-order valence-electron chi connectivity index (χ1n) is 5.34. The molecule has 0 bridgehead atoms. The molecule has 0 heterocycles. The fourth-order valence-corrected chi connectivity index (χ4v) is 1.36. The van der Waals surface area contributed by atoms with Crippen LogP contribution in [0.2, 0.25) is 0 Å². The van der Waals surface area contributed by atoms with Crippen LogP contribution in [0.4, 0.5) is 5.69 Å². The molecule has 0 fully saturated rings. The molecule has 3 heteroatoms. The molecule has 15 heavy (non-hydrogen) atoms. The minimum atomic E-state index is 0.0973. The molecular weight excluding hydrogens is 188 g/mol. The SMILES string of the molecule is CCCNC(=O)CCc1ccccc1N. The first kappa shape index (κ1) is 11.6. The van der Waals surface area contributed by atoms with Crippen LogP contribution in [-0.4, -0.2) is 12.5 Å². The maximum atomic E-state index is 11.3. The van der Waals surface area contributed by atoms with E-state index in [2.05, 4.69) is 5.32 Å². The molecular formula is C12H18N2O. The van der Waals surface area contributed by atoms with Gasteiger partial charge in [0.15, 0.2) is 0 Å². The maximum absolute atomic E-state index is 11.3. The zero-order valence-electron chi connectivity index (χ0n) is 9.12. The lowest BCUT2D eigenvalue weighted by molar-refractivity contribution is -0.121. The van der Waals surface area contributed by atoms with E-state index in [1.807, 2.05) is 31.2 Å². The van der Waals surface area contributed by atoms with Crippen molar-refractivity contribution in [3.05, 3.63) is 29.8 Å².